The van der Waals surface area contributed by atoms with Crippen LogP contribution in [0.25, 0.3) is 0 Å². The van der Waals surface area contributed by atoms with E-state index in [2.05, 4.69) is 6.92 Å². The molecule has 0 radical (unpaired) electrons. The molecule has 1 spiro atoms. The predicted molar refractivity (Wildman–Crippen MR) is 118 cm³/mol. The van der Waals surface area contributed by atoms with Gasteiger partial charge in [-0.25, -0.2) is 0 Å². The Bertz CT molecular complexity index is 812. The van der Waals surface area contributed by atoms with Gasteiger partial charge in [0, 0.05) is 18.3 Å². The van der Waals surface area contributed by atoms with Gasteiger partial charge in [-0.3, -0.25) is 14.4 Å². The normalized spacial score (nSPS) is 35.6. The zero-order chi connectivity index (χ0) is 22.3. The molecule has 31 heavy (non-hydrogen) atoms. The smallest absolute Gasteiger partial charge is 0.311 e. The molecule has 0 aliphatic carbocycles. The fraction of sp³-hybridized carbons (Fsp3) is 0.696. The van der Waals surface area contributed by atoms with Crippen LogP contribution in [0.2, 0.25) is 0 Å². The first-order chi connectivity index (χ1) is 14.9. The maximum atomic E-state index is 13.9. The van der Waals surface area contributed by atoms with Crippen molar-refractivity contribution < 1.29 is 24.2 Å². The molecule has 0 saturated carbocycles. The highest BCUT2D eigenvalue weighted by Gasteiger charge is 2.71. The lowest BCUT2D eigenvalue weighted by atomic mass is 9.78. The summed E-state index contributed by atoms with van der Waals surface area (Å²) in [4.78, 5) is 44.1. The van der Waals surface area contributed by atoms with E-state index in [-0.39, 0.29) is 42.2 Å². The number of nitrogens with zero attached hydrogens (tertiary/aromatic N) is 2. The number of ether oxygens (including phenoxy) is 1. The Morgan fingerprint density at radius 3 is 2.71 bits per heavy atom. The monoisotopic (exact) mass is 448 g/mol. The van der Waals surface area contributed by atoms with Gasteiger partial charge in [-0.2, -0.15) is 0 Å². The fourth-order valence-electron chi connectivity index (χ4n) is 5.48. The highest BCUT2D eigenvalue weighted by molar-refractivity contribution is 8.02. The topological polar surface area (TPSA) is 87.2 Å². The second kappa shape index (κ2) is 8.62. The Labute approximate surface area is 187 Å². The second-order valence-corrected chi connectivity index (χ2v) is 10.7. The van der Waals surface area contributed by atoms with Gasteiger partial charge in [0.15, 0.2) is 0 Å². The van der Waals surface area contributed by atoms with Crippen molar-refractivity contribution in [1.82, 2.24) is 9.80 Å². The maximum absolute atomic E-state index is 13.9. The average Bonchev–Trinajstić information content (AvgIpc) is 3.03. The molecule has 7 nitrogen and oxygen atoms in total. The van der Waals surface area contributed by atoms with Crippen LogP contribution in [0.15, 0.2) is 24.3 Å². The summed E-state index contributed by atoms with van der Waals surface area (Å²) >= 11 is 1.54. The predicted octanol–water partition coefficient (Wildman–Crippen LogP) is 1.61. The highest BCUT2D eigenvalue weighted by atomic mass is 32.2. The SMILES string of the molecule is CCCCN1CC=C[C@]23S[C@H]4C=CCOC(=O)[C@H]4[C@H]2C(=O)N([C@@H](CO)C(C)C)C3C1=O. The molecule has 4 aliphatic rings. The summed E-state index contributed by atoms with van der Waals surface area (Å²) in [6.45, 7) is 7.08. The number of aliphatic hydroxyl groups excluding tert-OH is 1. The molecule has 4 heterocycles. The highest BCUT2D eigenvalue weighted by Crippen LogP contribution is 2.61. The number of thioether (sulfide) groups is 1. The molecule has 0 aromatic rings. The van der Waals surface area contributed by atoms with Gasteiger partial charge in [0.25, 0.3) is 0 Å². The maximum Gasteiger partial charge on any atom is 0.311 e. The van der Waals surface area contributed by atoms with E-state index < -0.39 is 28.7 Å². The number of hydrogen-bond acceptors (Lipinski definition) is 6. The molecular weight excluding hydrogens is 416 g/mol. The van der Waals surface area contributed by atoms with Crippen molar-refractivity contribution >= 4 is 29.5 Å². The van der Waals surface area contributed by atoms with Crippen LogP contribution in [0.4, 0.5) is 0 Å². The summed E-state index contributed by atoms with van der Waals surface area (Å²) in [5.74, 6) is -2.03. The summed E-state index contributed by atoms with van der Waals surface area (Å²) in [5, 5.41) is 9.96. The minimum Gasteiger partial charge on any atom is -0.461 e. The van der Waals surface area contributed by atoms with Crippen LogP contribution in [-0.2, 0) is 19.1 Å². The molecule has 2 amide bonds. The Balaban J connectivity index is 1.84. The van der Waals surface area contributed by atoms with Crippen LogP contribution in [0, 0.1) is 17.8 Å². The van der Waals surface area contributed by atoms with E-state index in [0.29, 0.717) is 13.1 Å². The molecule has 0 aromatic heterocycles. The summed E-state index contributed by atoms with van der Waals surface area (Å²) in [6.07, 6.45) is 9.61. The number of fused-ring (bicyclic) bond motifs is 2. The Morgan fingerprint density at radius 2 is 2.03 bits per heavy atom. The van der Waals surface area contributed by atoms with Crippen molar-refractivity contribution in [3.8, 4) is 0 Å². The summed E-state index contributed by atoms with van der Waals surface area (Å²) < 4.78 is 4.53. The van der Waals surface area contributed by atoms with Crippen molar-refractivity contribution in [2.75, 3.05) is 26.3 Å². The van der Waals surface area contributed by atoms with E-state index in [1.165, 1.54) is 11.8 Å². The van der Waals surface area contributed by atoms with Gasteiger partial charge in [0.2, 0.25) is 11.8 Å². The molecule has 2 fully saturated rings. The lowest BCUT2D eigenvalue weighted by Gasteiger charge is -2.39. The van der Waals surface area contributed by atoms with Crippen molar-refractivity contribution in [3.05, 3.63) is 24.3 Å². The average molecular weight is 449 g/mol. The van der Waals surface area contributed by atoms with E-state index in [0.717, 1.165) is 12.8 Å². The fourth-order valence-corrected chi connectivity index (χ4v) is 7.47. The number of unbranched alkanes of at least 4 members (excludes halogenated alkanes) is 1. The molecule has 0 aromatic carbocycles. The molecule has 2 saturated heterocycles. The van der Waals surface area contributed by atoms with Crippen LogP contribution in [0.3, 0.4) is 0 Å². The molecule has 170 valence electrons. The molecule has 0 bridgehead atoms. The molecular formula is C23H32N2O5S. The van der Waals surface area contributed by atoms with Crippen molar-refractivity contribution in [1.29, 1.82) is 0 Å². The summed E-state index contributed by atoms with van der Waals surface area (Å²) in [6, 6.07) is -1.22. The first kappa shape index (κ1) is 22.4. The minimum absolute atomic E-state index is 0.0317. The number of carbonyl (C=O) groups excluding carboxylic acids is 3. The van der Waals surface area contributed by atoms with Gasteiger partial charge in [-0.05, 0) is 12.3 Å². The number of esters is 1. The van der Waals surface area contributed by atoms with Crippen LogP contribution in [0.5, 0.6) is 0 Å². The van der Waals surface area contributed by atoms with Gasteiger partial charge < -0.3 is 19.6 Å². The minimum atomic E-state index is -0.840. The molecule has 8 heteroatoms. The van der Waals surface area contributed by atoms with Crippen molar-refractivity contribution in [3.63, 3.8) is 0 Å². The van der Waals surface area contributed by atoms with E-state index in [4.69, 9.17) is 4.74 Å². The number of carbonyl (C=O) groups is 3. The summed E-state index contributed by atoms with van der Waals surface area (Å²) in [7, 11) is 0. The van der Waals surface area contributed by atoms with E-state index in [1.54, 1.807) is 4.90 Å². The number of rotatable bonds is 6. The lowest BCUT2D eigenvalue weighted by Crippen LogP contribution is -2.57. The van der Waals surface area contributed by atoms with E-state index >= 15 is 0 Å². The zero-order valence-electron chi connectivity index (χ0n) is 18.4. The number of amides is 2. The Hall–Kier alpha value is -1.80. The van der Waals surface area contributed by atoms with E-state index in [1.807, 2.05) is 43.1 Å². The third-order valence-electron chi connectivity index (χ3n) is 7.03. The van der Waals surface area contributed by atoms with Gasteiger partial charge >= 0.3 is 5.97 Å². The van der Waals surface area contributed by atoms with Crippen molar-refractivity contribution in [2.24, 2.45) is 17.8 Å². The standard InChI is InChI=1S/C23H32N2O5S/c1-4-5-10-24-11-7-9-23-18(17-16(31-23)8-6-12-30-22(17)29)20(27)25(19(23)21(24)28)15(13-26)14(2)3/h6-9,14-19,26H,4-5,10-13H2,1-3H3/t15-,16-,17+,18-,19?,23-/m0/s1. The number of hydrogen-bond donors (Lipinski definition) is 1. The molecule has 6 atom stereocenters. The van der Waals surface area contributed by atoms with Gasteiger partial charge in [-0.15, -0.1) is 11.8 Å². The summed E-state index contributed by atoms with van der Waals surface area (Å²) in [5.41, 5.74) is 0. The van der Waals surface area contributed by atoms with Crippen molar-refractivity contribution in [2.45, 2.75) is 55.7 Å². The Morgan fingerprint density at radius 1 is 1.26 bits per heavy atom. The third-order valence-corrected chi connectivity index (χ3v) is 8.77. The first-order valence-electron chi connectivity index (χ1n) is 11.3. The molecule has 1 N–H and O–H groups in total. The molecule has 1 unspecified atom stereocenters. The number of cyclic esters (lactones) is 1. The Kier molecular flexibility index (Phi) is 6.23. The quantitative estimate of drug-likeness (QED) is 0.491. The first-order valence-corrected chi connectivity index (χ1v) is 12.2. The van der Waals surface area contributed by atoms with Crippen LogP contribution in [-0.4, -0.2) is 81.1 Å². The van der Waals surface area contributed by atoms with Gasteiger partial charge in [0.05, 0.1) is 29.2 Å². The van der Waals surface area contributed by atoms with Crippen LogP contribution >= 0.6 is 11.8 Å². The number of likely N-dealkylation sites (tertiary alicyclic amines) is 1. The largest absolute Gasteiger partial charge is 0.461 e. The third kappa shape index (κ3) is 3.42. The van der Waals surface area contributed by atoms with Crippen LogP contribution < -0.4 is 0 Å². The van der Waals surface area contributed by atoms with Gasteiger partial charge in [0.1, 0.15) is 12.6 Å². The van der Waals surface area contributed by atoms with Gasteiger partial charge in [-0.1, -0.05) is 51.5 Å². The molecule has 4 aliphatic heterocycles. The number of aliphatic hydroxyl groups is 1. The van der Waals surface area contributed by atoms with Crippen LogP contribution in [0.1, 0.15) is 33.6 Å². The molecule has 4 rings (SSSR count). The lowest BCUT2D eigenvalue weighted by molar-refractivity contribution is -0.152. The second-order valence-electron chi connectivity index (χ2n) is 9.18. The van der Waals surface area contributed by atoms with E-state index in [9.17, 15) is 19.5 Å². The zero-order valence-corrected chi connectivity index (χ0v) is 19.2.